The number of hydrogen-bond donors (Lipinski definition) is 0. The molecule has 0 aromatic rings. The largest absolute Gasteiger partial charge is 0.285 e. The van der Waals surface area contributed by atoms with Gasteiger partial charge in [-0.1, -0.05) is 12.2 Å². The minimum absolute atomic E-state index is 0.254. The third-order valence-electron chi connectivity index (χ3n) is 2.87. The Kier molecular flexibility index (Phi) is 2.62. The summed E-state index contributed by atoms with van der Waals surface area (Å²) >= 11 is 0. The van der Waals surface area contributed by atoms with Crippen molar-refractivity contribution >= 4 is 11.6 Å². The standard InChI is InChI=1S/C12H14O2/c13-11(9-5-1-2-6-9)12(14)10-7-3-4-8-10/h5,7H,1-4,6,8H2. The van der Waals surface area contributed by atoms with Gasteiger partial charge in [0.2, 0.25) is 11.6 Å². The first-order valence-electron chi connectivity index (χ1n) is 5.26. The molecule has 14 heavy (non-hydrogen) atoms. The number of rotatable bonds is 3. The van der Waals surface area contributed by atoms with Crippen LogP contribution in [0.2, 0.25) is 0 Å². The summed E-state index contributed by atoms with van der Waals surface area (Å²) in [4.78, 5) is 23.3. The smallest absolute Gasteiger partial charge is 0.228 e. The van der Waals surface area contributed by atoms with Crippen molar-refractivity contribution in [2.75, 3.05) is 0 Å². The molecule has 2 rings (SSSR count). The molecule has 0 saturated carbocycles. The van der Waals surface area contributed by atoms with E-state index in [9.17, 15) is 9.59 Å². The van der Waals surface area contributed by atoms with Crippen LogP contribution in [0.3, 0.4) is 0 Å². The molecule has 0 aliphatic heterocycles. The Bertz CT molecular complexity index is 300. The molecule has 0 spiro atoms. The maximum absolute atomic E-state index is 11.7. The van der Waals surface area contributed by atoms with Gasteiger partial charge >= 0.3 is 0 Å². The van der Waals surface area contributed by atoms with Gasteiger partial charge in [-0.3, -0.25) is 9.59 Å². The second-order valence-electron chi connectivity index (χ2n) is 3.90. The van der Waals surface area contributed by atoms with E-state index in [4.69, 9.17) is 0 Å². The zero-order valence-corrected chi connectivity index (χ0v) is 8.21. The van der Waals surface area contributed by atoms with Gasteiger partial charge in [0, 0.05) is 0 Å². The zero-order valence-electron chi connectivity index (χ0n) is 8.21. The molecule has 74 valence electrons. The van der Waals surface area contributed by atoms with Crippen LogP contribution in [0, 0.1) is 0 Å². The van der Waals surface area contributed by atoms with Crippen molar-refractivity contribution in [2.45, 2.75) is 38.5 Å². The number of Topliss-reactive ketones (excluding diaryl/α,β-unsaturated/α-hetero) is 2. The number of allylic oxidation sites excluding steroid dienone is 4. The first kappa shape index (κ1) is 9.38. The lowest BCUT2D eigenvalue weighted by Gasteiger charge is -2.00. The van der Waals surface area contributed by atoms with Gasteiger partial charge in [0.25, 0.3) is 0 Å². The van der Waals surface area contributed by atoms with E-state index in [1.807, 2.05) is 12.2 Å². The van der Waals surface area contributed by atoms with Crippen LogP contribution in [-0.4, -0.2) is 11.6 Å². The molecule has 0 unspecified atom stereocenters. The molecule has 0 saturated heterocycles. The van der Waals surface area contributed by atoms with Crippen molar-refractivity contribution in [2.24, 2.45) is 0 Å². The topological polar surface area (TPSA) is 34.1 Å². The average Bonchev–Trinajstić information content (AvgIpc) is 2.87. The van der Waals surface area contributed by atoms with E-state index >= 15 is 0 Å². The van der Waals surface area contributed by atoms with Crippen LogP contribution < -0.4 is 0 Å². The van der Waals surface area contributed by atoms with Gasteiger partial charge in [0.1, 0.15) is 0 Å². The molecule has 0 heterocycles. The summed E-state index contributed by atoms with van der Waals surface area (Å²) in [7, 11) is 0. The highest BCUT2D eigenvalue weighted by atomic mass is 16.2. The molecule has 0 aromatic heterocycles. The van der Waals surface area contributed by atoms with Crippen molar-refractivity contribution in [3.05, 3.63) is 23.3 Å². The normalized spacial score (nSPS) is 20.6. The lowest BCUT2D eigenvalue weighted by Crippen LogP contribution is -2.16. The minimum atomic E-state index is -0.254. The lowest BCUT2D eigenvalue weighted by atomic mass is 10.0. The lowest BCUT2D eigenvalue weighted by molar-refractivity contribution is -0.132. The molecule has 0 amide bonds. The van der Waals surface area contributed by atoms with Crippen molar-refractivity contribution in [1.82, 2.24) is 0 Å². The maximum Gasteiger partial charge on any atom is 0.228 e. The summed E-state index contributed by atoms with van der Waals surface area (Å²) in [5.41, 5.74) is 1.48. The van der Waals surface area contributed by atoms with Gasteiger partial charge in [-0.2, -0.15) is 0 Å². The molecular formula is C12H14O2. The summed E-state index contributed by atoms with van der Waals surface area (Å²) in [5, 5.41) is 0. The SMILES string of the molecule is O=C(C(=O)C1=CCCC1)C1=CCCC1. The highest BCUT2D eigenvalue weighted by molar-refractivity contribution is 6.49. The predicted molar refractivity (Wildman–Crippen MR) is 53.9 cm³/mol. The van der Waals surface area contributed by atoms with Crippen LogP contribution in [0.5, 0.6) is 0 Å². The highest BCUT2D eigenvalue weighted by Gasteiger charge is 2.24. The maximum atomic E-state index is 11.7. The Morgan fingerprint density at radius 1 is 0.857 bits per heavy atom. The molecule has 2 nitrogen and oxygen atoms in total. The van der Waals surface area contributed by atoms with E-state index in [1.54, 1.807) is 0 Å². The Morgan fingerprint density at radius 3 is 1.57 bits per heavy atom. The molecule has 2 aliphatic carbocycles. The summed E-state index contributed by atoms with van der Waals surface area (Å²) in [5.74, 6) is -0.508. The average molecular weight is 190 g/mol. The van der Waals surface area contributed by atoms with Gasteiger partial charge in [0.15, 0.2) is 0 Å². The van der Waals surface area contributed by atoms with E-state index < -0.39 is 0 Å². The Balaban J connectivity index is 2.07. The second-order valence-corrected chi connectivity index (χ2v) is 3.90. The third kappa shape index (κ3) is 1.69. The summed E-state index contributed by atoms with van der Waals surface area (Å²) < 4.78 is 0. The number of carbonyl (C=O) groups excluding carboxylic acids is 2. The quantitative estimate of drug-likeness (QED) is 0.640. The monoisotopic (exact) mass is 190 g/mol. The van der Waals surface area contributed by atoms with Crippen molar-refractivity contribution < 1.29 is 9.59 Å². The van der Waals surface area contributed by atoms with Gasteiger partial charge in [-0.15, -0.1) is 0 Å². The number of hydrogen-bond acceptors (Lipinski definition) is 2. The van der Waals surface area contributed by atoms with Crippen LogP contribution in [0.25, 0.3) is 0 Å². The van der Waals surface area contributed by atoms with Crippen LogP contribution in [-0.2, 0) is 9.59 Å². The van der Waals surface area contributed by atoms with Gasteiger partial charge in [-0.05, 0) is 49.7 Å². The van der Waals surface area contributed by atoms with Gasteiger partial charge in [0.05, 0.1) is 0 Å². The molecule has 2 heteroatoms. The number of ketones is 2. The fourth-order valence-electron chi connectivity index (χ4n) is 2.05. The van der Waals surface area contributed by atoms with E-state index in [0.29, 0.717) is 0 Å². The van der Waals surface area contributed by atoms with E-state index in [1.165, 1.54) is 0 Å². The van der Waals surface area contributed by atoms with Crippen LogP contribution in [0.4, 0.5) is 0 Å². The van der Waals surface area contributed by atoms with Crippen LogP contribution >= 0.6 is 0 Å². The van der Waals surface area contributed by atoms with E-state index in [2.05, 4.69) is 0 Å². The molecule has 0 bridgehead atoms. The Hall–Kier alpha value is -1.18. The second kappa shape index (κ2) is 3.91. The van der Waals surface area contributed by atoms with Gasteiger partial charge in [-0.25, -0.2) is 0 Å². The Morgan fingerprint density at radius 2 is 1.29 bits per heavy atom. The highest BCUT2D eigenvalue weighted by Crippen LogP contribution is 2.23. The molecular weight excluding hydrogens is 176 g/mol. The number of carbonyl (C=O) groups is 2. The van der Waals surface area contributed by atoms with E-state index in [0.717, 1.165) is 49.7 Å². The van der Waals surface area contributed by atoms with Crippen LogP contribution in [0.15, 0.2) is 23.3 Å². The van der Waals surface area contributed by atoms with E-state index in [-0.39, 0.29) is 11.6 Å². The summed E-state index contributed by atoms with van der Waals surface area (Å²) in [6.45, 7) is 0. The van der Waals surface area contributed by atoms with Crippen molar-refractivity contribution in [3.8, 4) is 0 Å². The predicted octanol–water partition coefficient (Wildman–Crippen LogP) is 2.35. The fourth-order valence-corrected chi connectivity index (χ4v) is 2.05. The first-order chi connectivity index (χ1) is 6.79. The van der Waals surface area contributed by atoms with Crippen molar-refractivity contribution in [1.29, 1.82) is 0 Å². The molecule has 2 aliphatic rings. The molecule has 0 aromatic carbocycles. The molecule has 0 radical (unpaired) electrons. The van der Waals surface area contributed by atoms with Gasteiger partial charge < -0.3 is 0 Å². The first-order valence-corrected chi connectivity index (χ1v) is 5.26. The molecule has 0 fully saturated rings. The summed E-state index contributed by atoms with van der Waals surface area (Å²) in [6, 6.07) is 0. The fraction of sp³-hybridized carbons (Fsp3) is 0.500. The summed E-state index contributed by atoms with van der Waals surface area (Å²) in [6.07, 6.45) is 9.35. The van der Waals surface area contributed by atoms with Crippen LogP contribution in [0.1, 0.15) is 38.5 Å². The molecule has 0 N–H and O–H groups in total. The van der Waals surface area contributed by atoms with Crippen molar-refractivity contribution in [3.63, 3.8) is 0 Å². The third-order valence-corrected chi connectivity index (χ3v) is 2.87. The minimum Gasteiger partial charge on any atom is -0.285 e. The Labute approximate surface area is 83.7 Å². The molecule has 0 atom stereocenters. The zero-order chi connectivity index (χ0) is 9.97.